The van der Waals surface area contributed by atoms with Crippen molar-refractivity contribution < 1.29 is 4.52 Å². The smallest absolute Gasteiger partial charge is 0.269 e. The molecule has 0 N–H and O–H groups in total. The second-order valence-electron chi connectivity index (χ2n) is 4.38. The predicted octanol–water partition coefficient (Wildman–Crippen LogP) is 3.35. The van der Waals surface area contributed by atoms with E-state index in [2.05, 4.69) is 21.2 Å². The van der Waals surface area contributed by atoms with E-state index in [0.717, 1.165) is 11.1 Å². The number of hydrogen-bond acceptors (Lipinski definition) is 6. The number of rotatable bonds is 2. The third-order valence-electron chi connectivity index (χ3n) is 2.83. The number of nitrogens with zero attached hydrogens (tertiary/aromatic N) is 4. The Kier molecular flexibility index (Phi) is 3.05. The molecule has 0 aliphatic heterocycles. The lowest BCUT2D eigenvalue weighted by atomic mass is 10.1. The number of hydrogen-bond donors (Lipinski definition) is 0. The van der Waals surface area contributed by atoms with Crippen LogP contribution in [0.2, 0.25) is 0 Å². The first-order valence-electron chi connectivity index (χ1n) is 5.94. The van der Waals surface area contributed by atoms with Gasteiger partial charge in [0.15, 0.2) is 0 Å². The fourth-order valence-electron chi connectivity index (χ4n) is 1.92. The van der Waals surface area contributed by atoms with Crippen LogP contribution in [0.3, 0.4) is 0 Å². The van der Waals surface area contributed by atoms with Crippen molar-refractivity contribution >= 4 is 11.3 Å². The Bertz CT molecular complexity index is 813. The Balaban J connectivity index is 2.05. The zero-order valence-corrected chi connectivity index (χ0v) is 11.7. The average Bonchev–Trinajstić information content (AvgIpc) is 3.06. The largest absolute Gasteiger partial charge is 0.333 e. The maximum absolute atomic E-state index is 9.02. The van der Waals surface area contributed by atoms with Crippen LogP contribution in [0.15, 0.2) is 28.2 Å². The van der Waals surface area contributed by atoms with Gasteiger partial charge in [-0.05, 0) is 36.4 Å². The summed E-state index contributed by atoms with van der Waals surface area (Å²) in [6.45, 7) is 3.94. The van der Waals surface area contributed by atoms with E-state index in [1.165, 1.54) is 11.3 Å². The number of aromatic nitrogens is 3. The molecule has 0 saturated carbocycles. The van der Waals surface area contributed by atoms with Crippen LogP contribution in [-0.4, -0.2) is 15.1 Å². The molecule has 6 heteroatoms. The normalized spacial score (nSPS) is 10.4. The van der Waals surface area contributed by atoms with Gasteiger partial charge in [0.25, 0.3) is 5.89 Å². The molecular formula is C14H10N4OS. The summed E-state index contributed by atoms with van der Waals surface area (Å²) in [6.07, 6.45) is 1.77. The number of pyridine rings is 1. The van der Waals surface area contributed by atoms with E-state index in [-0.39, 0.29) is 0 Å². The summed E-state index contributed by atoms with van der Waals surface area (Å²) in [6, 6.07) is 5.86. The lowest BCUT2D eigenvalue weighted by Crippen LogP contribution is -1.91. The summed E-state index contributed by atoms with van der Waals surface area (Å²) in [4.78, 5) is 9.37. The molecule has 20 heavy (non-hydrogen) atoms. The topological polar surface area (TPSA) is 75.6 Å². The minimum atomic E-state index is 0.355. The van der Waals surface area contributed by atoms with E-state index in [4.69, 9.17) is 9.78 Å². The van der Waals surface area contributed by atoms with Gasteiger partial charge >= 0.3 is 0 Å². The third-order valence-corrected chi connectivity index (χ3v) is 3.74. The minimum Gasteiger partial charge on any atom is -0.333 e. The Hall–Kier alpha value is -2.52. The summed E-state index contributed by atoms with van der Waals surface area (Å²) >= 11 is 1.40. The van der Waals surface area contributed by atoms with Gasteiger partial charge in [-0.1, -0.05) is 11.2 Å². The zero-order chi connectivity index (χ0) is 14.1. The Morgan fingerprint density at radius 2 is 2.20 bits per heavy atom. The maximum Gasteiger partial charge on any atom is 0.269 e. The standard InChI is InChI=1S/C14H10N4OS/c1-8-5-9(2)11(16-7-8)13-17-14(19-18-13)12-10(6-15)3-4-20-12/h3-5,7H,1-2H3. The zero-order valence-electron chi connectivity index (χ0n) is 10.9. The highest BCUT2D eigenvalue weighted by Gasteiger charge is 2.17. The monoisotopic (exact) mass is 282 g/mol. The van der Waals surface area contributed by atoms with Crippen molar-refractivity contribution in [3.8, 4) is 28.4 Å². The first-order valence-corrected chi connectivity index (χ1v) is 6.82. The summed E-state index contributed by atoms with van der Waals surface area (Å²) in [5.74, 6) is 0.795. The van der Waals surface area contributed by atoms with E-state index in [1.807, 2.05) is 25.3 Å². The highest BCUT2D eigenvalue weighted by molar-refractivity contribution is 7.13. The lowest BCUT2D eigenvalue weighted by Gasteiger charge is -2.00. The van der Waals surface area contributed by atoms with Crippen molar-refractivity contribution in [3.63, 3.8) is 0 Å². The van der Waals surface area contributed by atoms with Gasteiger partial charge in [-0.15, -0.1) is 11.3 Å². The summed E-state index contributed by atoms with van der Waals surface area (Å²) < 4.78 is 5.25. The molecule has 3 rings (SSSR count). The van der Waals surface area contributed by atoms with Gasteiger partial charge in [0.1, 0.15) is 16.6 Å². The van der Waals surface area contributed by atoms with Crippen LogP contribution in [0.5, 0.6) is 0 Å². The quantitative estimate of drug-likeness (QED) is 0.720. The first kappa shape index (κ1) is 12.5. The van der Waals surface area contributed by atoms with Crippen LogP contribution in [0, 0.1) is 25.2 Å². The van der Waals surface area contributed by atoms with Gasteiger partial charge in [-0.2, -0.15) is 10.2 Å². The summed E-state index contributed by atoms with van der Waals surface area (Å²) in [5.41, 5.74) is 3.31. The van der Waals surface area contributed by atoms with Gasteiger partial charge in [0.05, 0.1) is 5.56 Å². The van der Waals surface area contributed by atoms with Crippen molar-refractivity contribution in [1.82, 2.24) is 15.1 Å². The van der Waals surface area contributed by atoms with Crippen molar-refractivity contribution in [2.45, 2.75) is 13.8 Å². The van der Waals surface area contributed by atoms with Crippen LogP contribution in [0.4, 0.5) is 0 Å². The van der Waals surface area contributed by atoms with Crippen LogP contribution in [-0.2, 0) is 0 Å². The molecule has 0 fully saturated rings. The Morgan fingerprint density at radius 1 is 1.35 bits per heavy atom. The molecule has 0 unspecified atom stereocenters. The second kappa shape index (κ2) is 4.87. The molecule has 0 amide bonds. The van der Waals surface area contributed by atoms with Crippen LogP contribution < -0.4 is 0 Å². The molecular weight excluding hydrogens is 272 g/mol. The van der Waals surface area contributed by atoms with Crippen molar-refractivity contribution in [2.24, 2.45) is 0 Å². The molecule has 0 aliphatic rings. The minimum absolute atomic E-state index is 0.355. The fourth-order valence-corrected chi connectivity index (χ4v) is 2.69. The van der Waals surface area contributed by atoms with E-state index >= 15 is 0 Å². The van der Waals surface area contributed by atoms with Gasteiger partial charge in [0.2, 0.25) is 5.82 Å². The van der Waals surface area contributed by atoms with Crippen LogP contribution >= 0.6 is 11.3 Å². The summed E-state index contributed by atoms with van der Waals surface area (Å²) in [7, 11) is 0. The summed E-state index contributed by atoms with van der Waals surface area (Å²) in [5, 5.41) is 14.8. The molecule has 0 radical (unpaired) electrons. The molecule has 0 saturated heterocycles. The molecule has 0 aromatic carbocycles. The highest BCUT2D eigenvalue weighted by atomic mass is 32.1. The number of nitriles is 1. The van der Waals surface area contributed by atoms with Crippen molar-refractivity contribution in [1.29, 1.82) is 5.26 Å². The fraction of sp³-hybridized carbons (Fsp3) is 0.143. The lowest BCUT2D eigenvalue weighted by molar-refractivity contribution is 0.433. The Labute approximate surface area is 119 Å². The van der Waals surface area contributed by atoms with Gasteiger partial charge in [-0.25, -0.2) is 0 Å². The molecule has 3 aromatic rings. The van der Waals surface area contributed by atoms with Crippen LogP contribution in [0.1, 0.15) is 16.7 Å². The first-order chi connectivity index (χ1) is 9.69. The second-order valence-corrected chi connectivity index (χ2v) is 5.29. The molecule has 98 valence electrons. The van der Waals surface area contributed by atoms with Crippen molar-refractivity contribution in [3.05, 3.63) is 40.4 Å². The van der Waals surface area contributed by atoms with Gasteiger partial charge < -0.3 is 4.52 Å². The SMILES string of the molecule is Cc1cnc(-c2noc(-c3sccc3C#N)n2)c(C)c1. The van der Waals surface area contributed by atoms with E-state index in [9.17, 15) is 0 Å². The number of thiophene rings is 1. The highest BCUT2D eigenvalue weighted by Crippen LogP contribution is 2.29. The van der Waals surface area contributed by atoms with Crippen molar-refractivity contribution in [2.75, 3.05) is 0 Å². The van der Waals surface area contributed by atoms with E-state index in [0.29, 0.717) is 27.8 Å². The van der Waals surface area contributed by atoms with E-state index < -0.39 is 0 Å². The molecule has 0 atom stereocenters. The maximum atomic E-state index is 9.02. The molecule has 0 spiro atoms. The van der Waals surface area contributed by atoms with Gasteiger partial charge in [-0.3, -0.25) is 4.98 Å². The predicted molar refractivity (Wildman–Crippen MR) is 75.0 cm³/mol. The van der Waals surface area contributed by atoms with Gasteiger partial charge in [0, 0.05) is 6.20 Å². The molecule has 0 bridgehead atoms. The molecule has 0 aliphatic carbocycles. The third kappa shape index (κ3) is 2.08. The van der Waals surface area contributed by atoms with E-state index in [1.54, 1.807) is 12.3 Å². The molecule has 3 aromatic heterocycles. The Morgan fingerprint density at radius 3 is 2.95 bits per heavy atom. The number of aryl methyl sites for hydroxylation is 2. The molecule has 3 heterocycles. The average molecular weight is 282 g/mol. The molecule has 5 nitrogen and oxygen atoms in total. The van der Waals surface area contributed by atoms with Crippen LogP contribution in [0.25, 0.3) is 22.3 Å².